The molecule has 10 heteroatoms. The van der Waals surface area contributed by atoms with Gasteiger partial charge < -0.3 is 29.7 Å². The Morgan fingerprint density at radius 1 is 1.10 bits per heavy atom. The fraction of sp³-hybridized carbons (Fsp3) is 0.484. The SMILES string of the molecule is CCN1C(=O)C2C=CC=CC2N(C)c2nc(Nc3ccc(C(=O)N4CCC(N5CCCC5)CC4)cc3OC)ncc21. The van der Waals surface area contributed by atoms with E-state index in [1.165, 1.54) is 25.9 Å². The zero-order valence-corrected chi connectivity index (χ0v) is 24.1. The number of anilines is 4. The summed E-state index contributed by atoms with van der Waals surface area (Å²) in [5, 5.41) is 3.27. The summed E-state index contributed by atoms with van der Waals surface area (Å²) < 4.78 is 5.68. The summed E-state index contributed by atoms with van der Waals surface area (Å²) in [6.07, 6.45) is 14.2. The minimum Gasteiger partial charge on any atom is -0.495 e. The van der Waals surface area contributed by atoms with E-state index < -0.39 is 0 Å². The van der Waals surface area contributed by atoms with E-state index in [1.54, 1.807) is 24.3 Å². The molecule has 0 radical (unpaired) electrons. The van der Waals surface area contributed by atoms with Crippen LogP contribution in [0.5, 0.6) is 5.75 Å². The first-order chi connectivity index (χ1) is 20.0. The number of carbonyl (C=O) groups excluding carboxylic acids is 2. The molecule has 1 aromatic carbocycles. The van der Waals surface area contributed by atoms with Crippen molar-refractivity contribution in [1.29, 1.82) is 0 Å². The largest absolute Gasteiger partial charge is 0.495 e. The molecule has 0 saturated carbocycles. The Labute approximate surface area is 241 Å². The van der Waals surface area contributed by atoms with E-state index in [0.29, 0.717) is 47.0 Å². The Morgan fingerprint density at radius 3 is 2.59 bits per heavy atom. The molecule has 0 bridgehead atoms. The number of ether oxygens (including phenoxy) is 1. The van der Waals surface area contributed by atoms with Crippen LogP contribution in [-0.4, -0.2) is 90.5 Å². The maximum atomic E-state index is 13.4. The van der Waals surface area contributed by atoms with Crippen LogP contribution in [0.25, 0.3) is 0 Å². The van der Waals surface area contributed by atoms with Crippen LogP contribution in [-0.2, 0) is 4.79 Å². The summed E-state index contributed by atoms with van der Waals surface area (Å²) in [4.78, 5) is 44.4. The highest BCUT2D eigenvalue weighted by atomic mass is 16.5. The standard InChI is InChI=1S/C31H39N7O3/c1-4-38-26-20-32-31(34-28(26)35(2)25-10-6-5-9-23(25)30(38)40)33-24-12-11-21(19-27(24)41-3)29(39)37-17-13-22(14-18-37)36-15-7-8-16-36/h5-6,9-12,19-20,22-23,25H,4,7-8,13-18H2,1-3H3,(H,32,33,34). The molecule has 2 atom stereocenters. The number of fused-ring (bicyclic) bond motifs is 2. The number of hydrogen-bond acceptors (Lipinski definition) is 8. The molecule has 6 rings (SSSR count). The summed E-state index contributed by atoms with van der Waals surface area (Å²) in [6.45, 7) is 6.43. The van der Waals surface area contributed by atoms with E-state index in [1.807, 2.05) is 60.2 Å². The average Bonchev–Trinajstić information content (AvgIpc) is 3.54. The summed E-state index contributed by atoms with van der Waals surface area (Å²) >= 11 is 0. The lowest BCUT2D eigenvalue weighted by atomic mass is 9.93. The number of allylic oxidation sites excluding steroid dienone is 2. The van der Waals surface area contributed by atoms with E-state index >= 15 is 0 Å². The highest BCUT2D eigenvalue weighted by molar-refractivity contribution is 6.01. The van der Waals surface area contributed by atoms with Crippen LogP contribution in [0.3, 0.4) is 0 Å². The number of aromatic nitrogens is 2. The number of likely N-dealkylation sites (tertiary alicyclic amines) is 2. The van der Waals surface area contributed by atoms with Crippen molar-refractivity contribution in [2.75, 3.05) is 62.0 Å². The molecular weight excluding hydrogens is 518 g/mol. The Hall–Kier alpha value is -3.92. The Morgan fingerprint density at radius 2 is 1.85 bits per heavy atom. The van der Waals surface area contributed by atoms with Gasteiger partial charge in [0.2, 0.25) is 11.9 Å². The molecule has 2 aromatic rings. The molecule has 2 amide bonds. The van der Waals surface area contributed by atoms with Gasteiger partial charge in [0.05, 0.1) is 31.0 Å². The molecule has 10 nitrogen and oxygen atoms in total. The van der Waals surface area contributed by atoms with Gasteiger partial charge in [-0.25, -0.2) is 4.98 Å². The van der Waals surface area contributed by atoms with Crippen molar-refractivity contribution in [1.82, 2.24) is 19.8 Å². The molecule has 4 aliphatic rings. The van der Waals surface area contributed by atoms with Gasteiger partial charge in [-0.05, 0) is 63.9 Å². The highest BCUT2D eigenvalue weighted by Crippen LogP contribution is 2.37. The molecule has 0 spiro atoms. The van der Waals surface area contributed by atoms with Crippen molar-refractivity contribution >= 4 is 35.0 Å². The molecule has 41 heavy (non-hydrogen) atoms. The molecule has 2 unspecified atom stereocenters. The molecule has 1 aromatic heterocycles. The molecule has 216 valence electrons. The second kappa shape index (κ2) is 11.5. The molecule has 2 fully saturated rings. The number of benzene rings is 1. The van der Waals surface area contributed by atoms with Crippen LogP contribution < -0.4 is 19.9 Å². The third-order valence-corrected chi connectivity index (χ3v) is 8.90. The van der Waals surface area contributed by atoms with Crippen LogP contribution in [0.1, 0.15) is 43.0 Å². The monoisotopic (exact) mass is 557 g/mol. The summed E-state index contributed by atoms with van der Waals surface area (Å²) in [5.41, 5.74) is 1.95. The number of hydrogen-bond donors (Lipinski definition) is 1. The van der Waals surface area contributed by atoms with Gasteiger partial charge in [-0.3, -0.25) is 9.59 Å². The Bertz CT molecular complexity index is 1360. The minimum absolute atomic E-state index is 0.0334. The molecule has 4 heterocycles. The number of methoxy groups -OCH3 is 1. The van der Waals surface area contributed by atoms with E-state index in [0.717, 1.165) is 25.9 Å². The lowest BCUT2D eigenvalue weighted by Gasteiger charge is -2.36. The number of carbonyl (C=O) groups is 2. The van der Waals surface area contributed by atoms with Crippen molar-refractivity contribution in [2.45, 2.75) is 44.7 Å². The first-order valence-electron chi connectivity index (χ1n) is 14.7. The minimum atomic E-state index is -0.285. The molecule has 3 aliphatic heterocycles. The van der Waals surface area contributed by atoms with E-state index in [4.69, 9.17) is 9.72 Å². The molecule has 2 saturated heterocycles. The third-order valence-electron chi connectivity index (χ3n) is 8.90. The van der Waals surface area contributed by atoms with Crippen molar-refractivity contribution in [2.24, 2.45) is 5.92 Å². The number of rotatable bonds is 6. The van der Waals surface area contributed by atoms with E-state index in [-0.39, 0.29) is 23.8 Å². The second-order valence-electron chi connectivity index (χ2n) is 11.2. The first kappa shape index (κ1) is 27.3. The zero-order valence-electron chi connectivity index (χ0n) is 24.1. The van der Waals surface area contributed by atoms with E-state index in [2.05, 4.69) is 15.2 Å². The van der Waals surface area contributed by atoms with Crippen molar-refractivity contribution < 1.29 is 14.3 Å². The number of nitrogens with zero attached hydrogens (tertiary/aromatic N) is 6. The predicted octanol–water partition coefficient (Wildman–Crippen LogP) is 3.84. The van der Waals surface area contributed by atoms with Gasteiger partial charge >= 0.3 is 0 Å². The Balaban J connectivity index is 1.20. The van der Waals surface area contributed by atoms with Crippen molar-refractivity contribution in [3.63, 3.8) is 0 Å². The van der Waals surface area contributed by atoms with Crippen LogP contribution in [0, 0.1) is 5.92 Å². The molecule has 1 aliphatic carbocycles. The lowest BCUT2D eigenvalue weighted by Crippen LogP contribution is -2.45. The van der Waals surface area contributed by atoms with Crippen molar-refractivity contribution in [3.8, 4) is 5.75 Å². The number of nitrogens with one attached hydrogen (secondary N) is 1. The summed E-state index contributed by atoms with van der Waals surface area (Å²) in [5.74, 6) is 1.39. The van der Waals surface area contributed by atoms with Gasteiger partial charge in [0.15, 0.2) is 5.82 Å². The smallest absolute Gasteiger partial charge is 0.253 e. The lowest BCUT2D eigenvalue weighted by molar-refractivity contribution is -0.121. The zero-order chi connectivity index (χ0) is 28.5. The van der Waals surface area contributed by atoms with E-state index in [9.17, 15) is 9.59 Å². The van der Waals surface area contributed by atoms with Crippen LogP contribution >= 0.6 is 0 Å². The quantitative estimate of drug-likeness (QED) is 0.573. The molecular formula is C31H39N7O3. The maximum Gasteiger partial charge on any atom is 0.253 e. The van der Waals surface area contributed by atoms with Crippen molar-refractivity contribution in [3.05, 3.63) is 54.3 Å². The van der Waals surface area contributed by atoms with Gasteiger partial charge in [0, 0.05) is 38.3 Å². The third kappa shape index (κ3) is 5.16. The van der Waals surface area contributed by atoms with Gasteiger partial charge in [0.25, 0.3) is 5.91 Å². The van der Waals surface area contributed by atoms with Gasteiger partial charge in [-0.2, -0.15) is 4.98 Å². The first-order valence-corrected chi connectivity index (χ1v) is 14.7. The fourth-order valence-electron chi connectivity index (χ4n) is 6.61. The highest BCUT2D eigenvalue weighted by Gasteiger charge is 2.38. The maximum absolute atomic E-state index is 13.4. The van der Waals surface area contributed by atoms with Crippen LogP contribution in [0.15, 0.2) is 48.7 Å². The predicted molar refractivity (Wildman–Crippen MR) is 160 cm³/mol. The van der Waals surface area contributed by atoms with Crippen LogP contribution in [0.2, 0.25) is 0 Å². The topological polar surface area (TPSA) is 94.1 Å². The second-order valence-corrected chi connectivity index (χ2v) is 11.2. The number of piperidine rings is 1. The fourth-order valence-corrected chi connectivity index (χ4v) is 6.61. The number of amides is 2. The number of likely N-dealkylation sites (N-methyl/N-ethyl adjacent to an activating group) is 1. The van der Waals surface area contributed by atoms with Gasteiger partial charge in [-0.1, -0.05) is 24.3 Å². The van der Waals surface area contributed by atoms with Crippen LogP contribution in [0.4, 0.5) is 23.1 Å². The summed E-state index contributed by atoms with van der Waals surface area (Å²) in [7, 11) is 3.55. The summed E-state index contributed by atoms with van der Waals surface area (Å²) in [6, 6.07) is 5.92. The Kier molecular flexibility index (Phi) is 7.66. The molecule has 1 N–H and O–H groups in total. The van der Waals surface area contributed by atoms with Gasteiger partial charge in [0.1, 0.15) is 11.4 Å². The van der Waals surface area contributed by atoms with Gasteiger partial charge in [-0.15, -0.1) is 0 Å². The average molecular weight is 558 g/mol. The normalized spacial score (nSPS) is 22.9.